The van der Waals surface area contributed by atoms with Crippen molar-refractivity contribution in [2.24, 2.45) is 11.8 Å². The van der Waals surface area contributed by atoms with Gasteiger partial charge >= 0.3 is 0 Å². The van der Waals surface area contributed by atoms with E-state index < -0.39 is 35.1 Å². The Balaban J connectivity index is 1.33. The molecule has 0 saturated carbocycles. The zero-order chi connectivity index (χ0) is 28.6. The van der Waals surface area contributed by atoms with Gasteiger partial charge in [-0.05, 0) is 37.5 Å². The smallest absolute Gasteiger partial charge is 0.245 e. The number of morpholine rings is 1. The van der Waals surface area contributed by atoms with Gasteiger partial charge < -0.3 is 30.1 Å². The quantitative estimate of drug-likeness (QED) is 0.424. The van der Waals surface area contributed by atoms with Crippen LogP contribution in [-0.4, -0.2) is 95.9 Å². The van der Waals surface area contributed by atoms with Crippen molar-refractivity contribution in [2.75, 3.05) is 51.3 Å². The minimum Gasteiger partial charge on any atom is -0.394 e. The minimum atomic E-state index is -1.17. The highest BCUT2D eigenvalue weighted by Gasteiger charge is 2.78. The molecule has 4 aliphatic rings. The molecule has 10 heteroatoms. The molecule has 4 heterocycles. The highest BCUT2D eigenvalue weighted by molar-refractivity contribution is 6.02. The van der Waals surface area contributed by atoms with E-state index in [0.29, 0.717) is 44.8 Å². The first-order valence-corrected chi connectivity index (χ1v) is 14.5. The maximum atomic E-state index is 14.4. The number of hydrogen-bond acceptors (Lipinski definition) is 7. The van der Waals surface area contributed by atoms with Gasteiger partial charge in [-0.2, -0.15) is 0 Å². The van der Waals surface area contributed by atoms with Crippen LogP contribution in [0.4, 0.5) is 5.69 Å². The maximum Gasteiger partial charge on any atom is 0.245 e. The molecule has 4 saturated heterocycles. The van der Waals surface area contributed by atoms with Crippen LogP contribution in [0.15, 0.2) is 60.7 Å². The Labute approximate surface area is 240 Å². The monoisotopic (exact) mass is 562 g/mol. The van der Waals surface area contributed by atoms with E-state index in [2.05, 4.69) is 15.5 Å². The summed E-state index contributed by atoms with van der Waals surface area (Å²) in [6.07, 6.45) is 1.02. The average Bonchev–Trinajstić information content (AvgIpc) is 3.56. The molecule has 2 bridgehead atoms. The molecule has 0 aliphatic carbocycles. The summed E-state index contributed by atoms with van der Waals surface area (Å²) in [5.74, 6) is -2.59. The van der Waals surface area contributed by atoms with Gasteiger partial charge in [0.2, 0.25) is 17.7 Å². The van der Waals surface area contributed by atoms with Crippen molar-refractivity contribution < 1.29 is 29.0 Å². The number of benzene rings is 2. The molecule has 0 radical (unpaired) electrons. The number of fused-ring (bicyclic) bond motifs is 1. The van der Waals surface area contributed by atoms with Gasteiger partial charge in [0.05, 0.1) is 43.3 Å². The van der Waals surface area contributed by atoms with E-state index in [4.69, 9.17) is 9.47 Å². The average molecular weight is 563 g/mol. The van der Waals surface area contributed by atoms with Gasteiger partial charge in [-0.25, -0.2) is 0 Å². The van der Waals surface area contributed by atoms with Crippen LogP contribution in [0.5, 0.6) is 0 Å². The normalized spacial score (nSPS) is 31.6. The molecule has 4 fully saturated rings. The molecule has 3 N–H and O–H groups in total. The molecule has 1 spiro atoms. The number of anilines is 1. The number of aliphatic hydroxyl groups is 1. The first-order valence-electron chi connectivity index (χ1n) is 14.5. The molecule has 218 valence electrons. The summed E-state index contributed by atoms with van der Waals surface area (Å²) in [5.41, 5.74) is -0.707. The van der Waals surface area contributed by atoms with Crippen molar-refractivity contribution in [3.8, 4) is 0 Å². The molecule has 6 rings (SSSR count). The SMILES string of the molecule is C[C@@]12CCC3(O1)C(C(=O)NCCN1CCOCC1)N([C@H](CO)c1ccccc1)C(=O)[C@@H]3[C@@H]2C(=O)Nc1ccccc1. The summed E-state index contributed by atoms with van der Waals surface area (Å²) in [6, 6.07) is 16.6. The molecule has 2 aromatic rings. The number of nitrogens with zero attached hydrogens (tertiary/aromatic N) is 2. The summed E-state index contributed by atoms with van der Waals surface area (Å²) in [4.78, 5) is 46.1. The first-order chi connectivity index (χ1) is 19.9. The van der Waals surface area contributed by atoms with E-state index in [0.717, 1.165) is 18.7 Å². The van der Waals surface area contributed by atoms with E-state index in [9.17, 15) is 19.5 Å². The second-order valence-corrected chi connectivity index (χ2v) is 11.7. The zero-order valence-corrected chi connectivity index (χ0v) is 23.3. The second-order valence-electron chi connectivity index (χ2n) is 11.7. The van der Waals surface area contributed by atoms with Crippen LogP contribution in [0.25, 0.3) is 0 Å². The standard InChI is InChI=1S/C31H38N4O6/c1-30-12-13-31(41-30)25(24(30)27(37)33-22-10-6-3-7-11-22)29(39)35(23(20-36)21-8-4-2-5-9-21)26(31)28(38)32-14-15-34-16-18-40-19-17-34/h2-11,23-26,36H,12-20H2,1H3,(H,32,38)(H,33,37)/t23-,24-,25+,26?,30+,31?/m1/s1. The number of amides is 3. The van der Waals surface area contributed by atoms with Crippen LogP contribution in [0.1, 0.15) is 31.4 Å². The third-order valence-corrected chi connectivity index (χ3v) is 9.31. The predicted molar refractivity (Wildman–Crippen MR) is 151 cm³/mol. The van der Waals surface area contributed by atoms with Crippen molar-refractivity contribution in [1.82, 2.24) is 15.1 Å². The van der Waals surface area contributed by atoms with E-state index in [1.807, 2.05) is 55.5 Å². The molecule has 6 atom stereocenters. The van der Waals surface area contributed by atoms with Crippen molar-refractivity contribution in [3.05, 3.63) is 66.2 Å². The third-order valence-electron chi connectivity index (χ3n) is 9.31. The molecular formula is C31H38N4O6. The van der Waals surface area contributed by atoms with Gasteiger partial charge in [0.1, 0.15) is 11.6 Å². The lowest BCUT2D eigenvalue weighted by Gasteiger charge is -2.37. The molecule has 10 nitrogen and oxygen atoms in total. The van der Waals surface area contributed by atoms with Gasteiger partial charge in [-0.3, -0.25) is 19.3 Å². The summed E-state index contributed by atoms with van der Waals surface area (Å²) >= 11 is 0. The van der Waals surface area contributed by atoms with Gasteiger partial charge in [0.25, 0.3) is 0 Å². The zero-order valence-electron chi connectivity index (χ0n) is 23.3. The predicted octanol–water partition coefficient (Wildman–Crippen LogP) is 1.57. The number of nitrogens with one attached hydrogen (secondary N) is 2. The lowest BCUT2D eigenvalue weighted by Crippen LogP contribution is -2.57. The van der Waals surface area contributed by atoms with Crippen molar-refractivity contribution in [2.45, 2.75) is 43.1 Å². The van der Waals surface area contributed by atoms with E-state index >= 15 is 0 Å². The molecule has 4 aliphatic heterocycles. The van der Waals surface area contributed by atoms with Crippen LogP contribution in [-0.2, 0) is 23.9 Å². The van der Waals surface area contributed by atoms with Crippen LogP contribution >= 0.6 is 0 Å². The van der Waals surface area contributed by atoms with E-state index in [1.54, 1.807) is 12.1 Å². The topological polar surface area (TPSA) is 120 Å². The number of carbonyl (C=O) groups is 3. The van der Waals surface area contributed by atoms with E-state index in [1.165, 1.54) is 4.90 Å². The Bertz CT molecular complexity index is 1270. The summed E-state index contributed by atoms with van der Waals surface area (Å²) in [7, 11) is 0. The van der Waals surface area contributed by atoms with Crippen molar-refractivity contribution in [3.63, 3.8) is 0 Å². The molecule has 2 aromatic carbocycles. The number of likely N-dealkylation sites (tertiary alicyclic amines) is 1. The number of carbonyl (C=O) groups excluding carboxylic acids is 3. The molecule has 3 amide bonds. The maximum absolute atomic E-state index is 14.4. The Kier molecular flexibility index (Phi) is 7.58. The summed E-state index contributed by atoms with van der Waals surface area (Å²) in [6.45, 7) is 5.51. The fourth-order valence-electron chi connectivity index (χ4n) is 7.43. The lowest BCUT2D eigenvalue weighted by atomic mass is 9.66. The van der Waals surface area contributed by atoms with Gasteiger partial charge in [-0.1, -0.05) is 48.5 Å². The molecule has 41 heavy (non-hydrogen) atoms. The largest absolute Gasteiger partial charge is 0.394 e. The summed E-state index contributed by atoms with van der Waals surface area (Å²) < 4.78 is 12.1. The minimum absolute atomic E-state index is 0.299. The van der Waals surface area contributed by atoms with Crippen LogP contribution in [0.2, 0.25) is 0 Å². The van der Waals surface area contributed by atoms with Gasteiger partial charge in [-0.15, -0.1) is 0 Å². The Morgan fingerprint density at radius 3 is 2.39 bits per heavy atom. The fourth-order valence-corrected chi connectivity index (χ4v) is 7.43. The van der Waals surface area contributed by atoms with Gasteiger partial charge in [0.15, 0.2) is 0 Å². The van der Waals surface area contributed by atoms with Crippen LogP contribution < -0.4 is 10.6 Å². The Morgan fingerprint density at radius 2 is 1.71 bits per heavy atom. The number of aliphatic hydroxyl groups excluding tert-OH is 1. The highest BCUT2D eigenvalue weighted by atomic mass is 16.5. The van der Waals surface area contributed by atoms with Crippen molar-refractivity contribution >= 4 is 23.4 Å². The van der Waals surface area contributed by atoms with Crippen LogP contribution in [0, 0.1) is 11.8 Å². The highest BCUT2D eigenvalue weighted by Crippen LogP contribution is 2.64. The number of ether oxygens (including phenoxy) is 2. The number of hydrogen-bond donors (Lipinski definition) is 3. The fraction of sp³-hybridized carbons (Fsp3) is 0.516. The van der Waals surface area contributed by atoms with E-state index in [-0.39, 0.29) is 24.3 Å². The third kappa shape index (κ3) is 4.82. The number of rotatable bonds is 9. The molecular weight excluding hydrogens is 524 g/mol. The van der Waals surface area contributed by atoms with Gasteiger partial charge in [0, 0.05) is 31.9 Å². The second kappa shape index (κ2) is 11.2. The Hall–Kier alpha value is -3.31. The summed E-state index contributed by atoms with van der Waals surface area (Å²) in [5, 5.41) is 16.6. The first kappa shape index (κ1) is 27.8. The van der Waals surface area contributed by atoms with Crippen LogP contribution in [0.3, 0.4) is 0 Å². The van der Waals surface area contributed by atoms with Crippen molar-refractivity contribution in [1.29, 1.82) is 0 Å². The molecule has 0 aromatic heterocycles. The molecule has 2 unspecified atom stereocenters. The number of para-hydroxylation sites is 1. The Morgan fingerprint density at radius 1 is 1.02 bits per heavy atom. The lowest BCUT2D eigenvalue weighted by molar-refractivity contribution is -0.149.